The van der Waals surface area contributed by atoms with E-state index in [9.17, 15) is 24.0 Å². The molecule has 2 rings (SSSR count). The third-order valence-electron chi connectivity index (χ3n) is 4.83. The highest BCUT2D eigenvalue weighted by Crippen LogP contribution is 2.07. The van der Waals surface area contributed by atoms with Crippen LogP contribution in [0, 0.1) is 0 Å². The summed E-state index contributed by atoms with van der Waals surface area (Å²) in [6.07, 6.45) is -2.35. The zero-order chi connectivity index (χ0) is 28.1. The SMILES string of the molecule is CC(C)(C)OC(=O)NNC(=O)[C@H](Cc1ccccc1)NC(=O)[C@H](CC(N)=O)NC(=O)OCc1ccccc1. The minimum Gasteiger partial charge on any atom is -0.445 e. The fraction of sp³-hybridized carbons (Fsp3) is 0.346. The van der Waals surface area contributed by atoms with Crippen LogP contribution in [0.4, 0.5) is 9.59 Å². The zero-order valence-corrected chi connectivity index (χ0v) is 21.5. The van der Waals surface area contributed by atoms with E-state index in [0.717, 1.165) is 5.56 Å². The first-order valence-corrected chi connectivity index (χ1v) is 11.8. The van der Waals surface area contributed by atoms with Crippen LogP contribution < -0.4 is 27.2 Å². The summed E-state index contributed by atoms with van der Waals surface area (Å²) in [6.45, 7) is 4.91. The van der Waals surface area contributed by atoms with Crippen LogP contribution in [-0.2, 0) is 36.9 Å². The van der Waals surface area contributed by atoms with Gasteiger partial charge in [0.2, 0.25) is 11.8 Å². The van der Waals surface area contributed by atoms with Crippen LogP contribution in [0.15, 0.2) is 60.7 Å². The Balaban J connectivity index is 2.09. The predicted molar refractivity (Wildman–Crippen MR) is 137 cm³/mol. The van der Waals surface area contributed by atoms with E-state index in [0.29, 0.717) is 5.56 Å². The molecule has 0 aliphatic heterocycles. The Labute approximate surface area is 220 Å². The Kier molecular flexibility index (Phi) is 11.1. The zero-order valence-electron chi connectivity index (χ0n) is 21.5. The lowest BCUT2D eigenvalue weighted by Crippen LogP contribution is -2.57. The van der Waals surface area contributed by atoms with Gasteiger partial charge in [-0.05, 0) is 31.9 Å². The summed E-state index contributed by atoms with van der Waals surface area (Å²) in [4.78, 5) is 61.7. The summed E-state index contributed by atoms with van der Waals surface area (Å²) in [5.41, 5.74) is 10.2. The minimum absolute atomic E-state index is 0.0379. The molecule has 2 atom stereocenters. The van der Waals surface area contributed by atoms with Crippen molar-refractivity contribution in [3.63, 3.8) is 0 Å². The van der Waals surface area contributed by atoms with Crippen molar-refractivity contribution >= 4 is 29.9 Å². The summed E-state index contributed by atoms with van der Waals surface area (Å²) >= 11 is 0. The molecule has 12 nitrogen and oxygen atoms in total. The first-order chi connectivity index (χ1) is 17.9. The molecule has 12 heteroatoms. The van der Waals surface area contributed by atoms with E-state index in [1.807, 2.05) is 6.07 Å². The molecule has 0 bridgehead atoms. The summed E-state index contributed by atoms with van der Waals surface area (Å²) in [5.74, 6) is -2.48. The van der Waals surface area contributed by atoms with Gasteiger partial charge >= 0.3 is 12.2 Å². The quantitative estimate of drug-likeness (QED) is 0.290. The number of nitrogens with two attached hydrogens (primary N) is 1. The molecular formula is C26H33N5O7. The van der Waals surface area contributed by atoms with Gasteiger partial charge in [0, 0.05) is 6.42 Å². The van der Waals surface area contributed by atoms with E-state index < -0.39 is 54.0 Å². The molecule has 0 radical (unpaired) electrons. The van der Waals surface area contributed by atoms with Gasteiger partial charge in [-0.15, -0.1) is 0 Å². The summed E-state index contributed by atoms with van der Waals surface area (Å²) in [6, 6.07) is 15.0. The molecule has 0 saturated carbocycles. The lowest BCUT2D eigenvalue weighted by molar-refractivity contribution is -0.131. The van der Waals surface area contributed by atoms with Gasteiger partial charge in [-0.3, -0.25) is 19.8 Å². The van der Waals surface area contributed by atoms with Gasteiger partial charge < -0.3 is 25.8 Å². The van der Waals surface area contributed by atoms with Crippen LogP contribution in [0.25, 0.3) is 0 Å². The first kappa shape index (κ1) is 29.6. The molecule has 2 aromatic rings. The van der Waals surface area contributed by atoms with Gasteiger partial charge in [0.25, 0.3) is 5.91 Å². The Morgan fingerprint density at radius 1 is 0.763 bits per heavy atom. The van der Waals surface area contributed by atoms with Gasteiger partial charge in [0.15, 0.2) is 0 Å². The van der Waals surface area contributed by atoms with Gasteiger partial charge in [-0.25, -0.2) is 15.0 Å². The van der Waals surface area contributed by atoms with Crippen molar-refractivity contribution in [1.29, 1.82) is 0 Å². The van der Waals surface area contributed by atoms with Crippen molar-refractivity contribution in [2.75, 3.05) is 0 Å². The molecule has 0 spiro atoms. The fourth-order valence-corrected chi connectivity index (χ4v) is 3.15. The molecule has 0 aliphatic rings. The van der Waals surface area contributed by atoms with Crippen molar-refractivity contribution in [2.24, 2.45) is 5.73 Å². The smallest absolute Gasteiger partial charge is 0.426 e. The monoisotopic (exact) mass is 527 g/mol. The molecule has 2 aromatic carbocycles. The lowest BCUT2D eigenvalue weighted by Gasteiger charge is -2.23. The van der Waals surface area contributed by atoms with Crippen LogP contribution in [0.1, 0.15) is 38.3 Å². The molecule has 0 fully saturated rings. The van der Waals surface area contributed by atoms with E-state index in [4.69, 9.17) is 15.2 Å². The van der Waals surface area contributed by atoms with Crippen molar-refractivity contribution < 1.29 is 33.4 Å². The number of carbonyl (C=O) groups is 5. The third-order valence-corrected chi connectivity index (χ3v) is 4.83. The van der Waals surface area contributed by atoms with Crippen LogP contribution >= 0.6 is 0 Å². The van der Waals surface area contributed by atoms with E-state index in [-0.39, 0.29) is 13.0 Å². The number of alkyl carbamates (subject to hydrolysis) is 1. The molecule has 0 saturated heterocycles. The van der Waals surface area contributed by atoms with Gasteiger partial charge in [0.1, 0.15) is 24.3 Å². The number of hydrazine groups is 1. The molecule has 204 valence electrons. The largest absolute Gasteiger partial charge is 0.445 e. The molecular weight excluding hydrogens is 494 g/mol. The lowest BCUT2D eigenvalue weighted by atomic mass is 10.0. The number of ether oxygens (including phenoxy) is 2. The molecule has 0 unspecified atom stereocenters. The second kappa shape index (κ2) is 14.2. The number of benzene rings is 2. The standard InChI is InChI=1S/C26H33N5O7/c1-26(2,3)38-25(36)31-30-23(34)19(14-17-10-6-4-7-11-17)28-22(33)20(15-21(27)32)29-24(35)37-16-18-12-8-5-9-13-18/h4-13,19-20H,14-16H2,1-3H3,(H2,27,32)(H,28,33)(H,29,35)(H,30,34)(H,31,36)/t19-,20-/m0/s1. The summed E-state index contributed by atoms with van der Waals surface area (Å²) in [7, 11) is 0. The highest BCUT2D eigenvalue weighted by molar-refractivity contribution is 5.94. The van der Waals surface area contributed by atoms with E-state index in [1.165, 1.54) is 0 Å². The Hall–Kier alpha value is -4.61. The highest BCUT2D eigenvalue weighted by atomic mass is 16.6. The highest BCUT2D eigenvalue weighted by Gasteiger charge is 2.29. The number of carbonyl (C=O) groups excluding carboxylic acids is 5. The summed E-state index contributed by atoms with van der Waals surface area (Å²) < 4.78 is 10.2. The average molecular weight is 528 g/mol. The molecule has 0 aromatic heterocycles. The van der Waals surface area contributed by atoms with Crippen molar-refractivity contribution in [2.45, 2.75) is 57.9 Å². The number of primary amides is 1. The maximum Gasteiger partial charge on any atom is 0.426 e. The molecule has 6 N–H and O–H groups in total. The van der Waals surface area contributed by atoms with Crippen LogP contribution in [0.2, 0.25) is 0 Å². The normalized spacial score (nSPS) is 12.3. The Morgan fingerprint density at radius 3 is 1.89 bits per heavy atom. The van der Waals surface area contributed by atoms with Crippen LogP contribution in [0.3, 0.4) is 0 Å². The number of hydrogen-bond acceptors (Lipinski definition) is 7. The number of amides is 5. The van der Waals surface area contributed by atoms with Gasteiger partial charge in [-0.2, -0.15) is 0 Å². The maximum atomic E-state index is 13.0. The van der Waals surface area contributed by atoms with Gasteiger partial charge in [0.05, 0.1) is 6.42 Å². The van der Waals surface area contributed by atoms with Crippen molar-refractivity contribution in [3.8, 4) is 0 Å². The molecule has 0 aliphatic carbocycles. The Bertz CT molecular complexity index is 1100. The van der Waals surface area contributed by atoms with E-state index in [1.54, 1.807) is 75.4 Å². The molecule has 5 amide bonds. The van der Waals surface area contributed by atoms with Crippen molar-refractivity contribution in [3.05, 3.63) is 71.8 Å². The fourth-order valence-electron chi connectivity index (χ4n) is 3.15. The molecule has 0 heterocycles. The topological polar surface area (TPSA) is 178 Å². The second-order valence-electron chi connectivity index (χ2n) is 9.30. The number of nitrogens with one attached hydrogen (secondary N) is 4. The van der Waals surface area contributed by atoms with Gasteiger partial charge in [-0.1, -0.05) is 60.7 Å². The Morgan fingerprint density at radius 2 is 1.34 bits per heavy atom. The first-order valence-electron chi connectivity index (χ1n) is 11.8. The number of rotatable bonds is 10. The van der Waals surface area contributed by atoms with Crippen LogP contribution in [0.5, 0.6) is 0 Å². The summed E-state index contributed by atoms with van der Waals surface area (Å²) in [5, 5.41) is 4.81. The predicted octanol–water partition coefficient (Wildman–Crippen LogP) is 1.44. The molecule has 38 heavy (non-hydrogen) atoms. The van der Waals surface area contributed by atoms with Crippen molar-refractivity contribution in [1.82, 2.24) is 21.5 Å². The van der Waals surface area contributed by atoms with E-state index in [2.05, 4.69) is 21.5 Å². The maximum absolute atomic E-state index is 13.0. The average Bonchev–Trinajstić information content (AvgIpc) is 2.85. The minimum atomic E-state index is -1.42. The van der Waals surface area contributed by atoms with E-state index >= 15 is 0 Å². The van der Waals surface area contributed by atoms with Crippen LogP contribution in [-0.4, -0.2) is 47.6 Å². The second-order valence-corrected chi connectivity index (χ2v) is 9.30. The third kappa shape index (κ3) is 11.4. The number of hydrogen-bond donors (Lipinski definition) is 5.